The van der Waals surface area contributed by atoms with Gasteiger partial charge in [-0.3, -0.25) is 0 Å². The van der Waals surface area contributed by atoms with Crippen molar-refractivity contribution < 1.29 is 12.8 Å². The minimum absolute atomic E-state index is 0.0454. The van der Waals surface area contributed by atoms with Gasteiger partial charge in [0.2, 0.25) is 10.0 Å². The molecule has 102 valence electrons. The summed E-state index contributed by atoms with van der Waals surface area (Å²) in [5, 5.41) is -0.151. The third-order valence-electron chi connectivity index (χ3n) is 2.55. The van der Waals surface area contributed by atoms with Crippen LogP contribution in [0.4, 0.5) is 4.39 Å². The highest BCUT2D eigenvalue weighted by Crippen LogP contribution is 2.22. The molecule has 0 spiro atoms. The van der Waals surface area contributed by atoms with Crippen LogP contribution < -0.4 is 10.5 Å². The average Bonchev–Trinajstić information content (AvgIpc) is 2.24. The summed E-state index contributed by atoms with van der Waals surface area (Å²) in [5.41, 5.74) is 5.50. The van der Waals surface area contributed by atoms with Gasteiger partial charge < -0.3 is 5.73 Å². The van der Waals surface area contributed by atoms with E-state index in [-0.39, 0.29) is 22.4 Å². The zero-order chi connectivity index (χ0) is 13.9. The van der Waals surface area contributed by atoms with Crippen LogP contribution >= 0.6 is 11.6 Å². The predicted molar refractivity (Wildman–Crippen MR) is 69.4 cm³/mol. The molecule has 0 aliphatic rings. The summed E-state index contributed by atoms with van der Waals surface area (Å²) in [5.74, 6) is -0.540. The van der Waals surface area contributed by atoms with Gasteiger partial charge in [0.1, 0.15) is 10.7 Å². The molecule has 4 nitrogen and oxygen atoms in total. The number of sulfonamides is 1. The second-order valence-electron chi connectivity index (χ2n) is 4.28. The van der Waals surface area contributed by atoms with E-state index in [1.165, 1.54) is 0 Å². The first-order valence-corrected chi connectivity index (χ1v) is 7.31. The van der Waals surface area contributed by atoms with Gasteiger partial charge in [0.25, 0.3) is 0 Å². The lowest BCUT2D eigenvalue weighted by atomic mass is 10.1. The Hall–Kier alpha value is -0.690. The van der Waals surface area contributed by atoms with Gasteiger partial charge in [0.15, 0.2) is 0 Å². The van der Waals surface area contributed by atoms with Gasteiger partial charge in [-0.05, 0) is 24.1 Å². The monoisotopic (exact) mass is 294 g/mol. The van der Waals surface area contributed by atoms with E-state index in [1.54, 1.807) is 0 Å². The Bertz CT molecular complexity index is 520. The summed E-state index contributed by atoms with van der Waals surface area (Å²) in [6.07, 6.45) is 0. The Morgan fingerprint density at radius 2 is 2.06 bits per heavy atom. The van der Waals surface area contributed by atoms with Crippen molar-refractivity contribution in [2.45, 2.75) is 24.8 Å². The van der Waals surface area contributed by atoms with Crippen molar-refractivity contribution >= 4 is 21.6 Å². The van der Waals surface area contributed by atoms with E-state index < -0.39 is 21.9 Å². The van der Waals surface area contributed by atoms with Crippen molar-refractivity contribution in [3.05, 3.63) is 29.0 Å². The van der Waals surface area contributed by atoms with Crippen LogP contribution in [0.3, 0.4) is 0 Å². The van der Waals surface area contributed by atoms with E-state index in [9.17, 15) is 12.8 Å². The highest BCUT2D eigenvalue weighted by molar-refractivity contribution is 7.89. The Labute approximate surface area is 111 Å². The van der Waals surface area contributed by atoms with Crippen LogP contribution in [0.2, 0.25) is 5.02 Å². The van der Waals surface area contributed by atoms with Crippen molar-refractivity contribution in [1.29, 1.82) is 0 Å². The van der Waals surface area contributed by atoms with Crippen LogP contribution in [-0.4, -0.2) is 21.0 Å². The first kappa shape index (κ1) is 15.4. The normalized spacial score (nSPS) is 13.9. The smallest absolute Gasteiger partial charge is 0.242 e. The van der Waals surface area contributed by atoms with Gasteiger partial charge in [-0.2, -0.15) is 0 Å². The quantitative estimate of drug-likeness (QED) is 0.869. The van der Waals surface area contributed by atoms with E-state index in [0.29, 0.717) is 0 Å². The largest absolute Gasteiger partial charge is 0.329 e. The lowest BCUT2D eigenvalue weighted by Gasteiger charge is -2.20. The van der Waals surface area contributed by atoms with E-state index >= 15 is 0 Å². The molecule has 1 aromatic rings. The molecule has 0 amide bonds. The van der Waals surface area contributed by atoms with E-state index in [2.05, 4.69) is 4.72 Å². The Morgan fingerprint density at radius 1 is 1.44 bits per heavy atom. The van der Waals surface area contributed by atoms with Crippen LogP contribution in [0, 0.1) is 11.7 Å². The number of rotatable bonds is 5. The van der Waals surface area contributed by atoms with E-state index in [1.807, 2.05) is 13.8 Å². The summed E-state index contributed by atoms with van der Waals surface area (Å²) in [7, 11) is -3.79. The van der Waals surface area contributed by atoms with Gasteiger partial charge in [-0.15, -0.1) is 0 Å². The first-order chi connectivity index (χ1) is 8.27. The van der Waals surface area contributed by atoms with Crippen molar-refractivity contribution in [3.8, 4) is 0 Å². The molecule has 7 heteroatoms. The maximum Gasteiger partial charge on any atom is 0.242 e. The molecular formula is C11H16ClFN2O2S. The number of benzene rings is 1. The van der Waals surface area contributed by atoms with Crippen molar-refractivity contribution in [2.75, 3.05) is 6.54 Å². The van der Waals surface area contributed by atoms with Gasteiger partial charge >= 0.3 is 0 Å². The van der Waals surface area contributed by atoms with Gasteiger partial charge in [-0.1, -0.05) is 25.4 Å². The summed E-state index contributed by atoms with van der Waals surface area (Å²) >= 11 is 5.73. The van der Waals surface area contributed by atoms with Gasteiger partial charge in [0.05, 0.1) is 5.02 Å². The van der Waals surface area contributed by atoms with Crippen molar-refractivity contribution in [2.24, 2.45) is 11.7 Å². The van der Waals surface area contributed by atoms with Crippen LogP contribution in [-0.2, 0) is 10.0 Å². The second kappa shape index (κ2) is 5.97. The fraction of sp³-hybridized carbons (Fsp3) is 0.455. The molecule has 1 aromatic carbocycles. The molecule has 0 saturated heterocycles. The highest BCUT2D eigenvalue weighted by atomic mass is 35.5. The zero-order valence-electron chi connectivity index (χ0n) is 10.2. The number of halogens is 2. The maximum atomic E-state index is 12.9. The number of nitrogens with one attached hydrogen (secondary N) is 1. The van der Waals surface area contributed by atoms with E-state index in [4.69, 9.17) is 17.3 Å². The number of hydrogen-bond donors (Lipinski definition) is 2. The Kier molecular flexibility index (Phi) is 5.10. The summed E-state index contributed by atoms with van der Waals surface area (Å²) in [4.78, 5) is -0.148. The van der Waals surface area contributed by atoms with Crippen LogP contribution in [0.25, 0.3) is 0 Å². The molecule has 0 heterocycles. The van der Waals surface area contributed by atoms with Crippen LogP contribution in [0.1, 0.15) is 13.8 Å². The molecule has 1 rings (SSSR count). The molecule has 0 fully saturated rings. The molecule has 1 unspecified atom stereocenters. The Morgan fingerprint density at radius 3 is 2.50 bits per heavy atom. The first-order valence-electron chi connectivity index (χ1n) is 5.45. The molecule has 1 atom stereocenters. The van der Waals surface area contributed by atoms with Crippen molar-refractivity contribution in [3.63, 3.8) is 0 Å². The molecule has 0 saturated carbocycles. The van der Waals surface area contributed by atoms with E-state index in [0.717, 1.165) is 18.2 Å². The molecular weight excluding hydrogens is 279 g/mol. The zero-order valence-corrected chi connectivity index (χ0v) is 11.7. The predicted octanol–water partition coefficient (Wildman–Crippen LogP) is 1.74. The molecule has 0 bridgehead atoms. The van der Waals surface area contributed by atoms with Gasteiger partial charge in [-0.25, -0.2) is 17.5 Å². The fourth-order valence-electron chi connectivity index (χ4n) is 1.41. The molecule has 18 heavy (non-hydrogen) atoms. The summed E-state index contributed by atoms with van der Waals surface area (Å²) in [6.45, 7) is 3.88. The average molecular weight is 295 g/mol. The second-order valence-corrected chi connectivity index (χ2v) is 6.37. The summed E-state index contributed by atoms with van der Waals surface area (Å²) in [6, 6.07) is 2.75. The SMILES string of the molecule is CC(C)C(CN)NS(=O)(=O)c1ccc(F)cc1Cl. The summed E-state index contributed by atoms with van der Waals surface area (Å²) < 4.78 is 39.5. The van der Waals surface area contributed by atoms with Gasteiger partial charge in [0, 0.05) is 12.6 Å². The molecule has 0 aliphatic heterocycles. The maximum absolute atomic E-state index is 12.9. The third-order valence-corrected chi connectivity index (χ3v) is 4.52. The molecule has 0 radical (unpaired) electrons. The standard InChI is InChI=1S/C11H16ClFN2O2S/c1-7(2)10(6-14)15-18(16,17)11-4-3-8(13)5-9(11)12/h3-5,7,10,15H,6,14H2,1-2H3. The number of hydrogen-bond acceptors (Lipinski definition) is 3. The Balaban J connectivity index is 3.06. The topological polar surface area (TPSA) is 72.2 Å². The minimum Gasteiger partial charge on any atom is -0.329 e. The minimum atomic E-state index is -3.79. The molecule has 3 N–H and O–H groups in total. The fourth-order valence-corrected chi connectivity index (χ4v) is 3.34. The van der Waals surface area contributed by atoms with Crippen molar-refractivity contribution in [1.82, 2.24) is 4.72 Å². The lowest BCUT2D eigenvalue weighted by molar-refractivity contribution is 0.455. The molecule has 0 aromatic heterocycles. The van der Waals surface area contributed by atoms with Crippen LogP contribution in [0.5, 0.6) is 0 Å². The number of nitrogens with two attached hydrogens (primary N) is 1. The third kappa shape index (κ3) is 3.65. The lowest BCUT2D eigenvalue weighted by Crippen LogP contribution is -2.43. The molecule has 0 aliphatic carbocycles. The highest BCUT2D eigenvalue weighted by Gasteiger charge is 2.23. The van der Waals surface area contributed by atoms with Crippen LogP contribution in [0.15, 0.2) is 23.1 Å².